The van der Waals surface area contributed by atoms with Gasteiger partial charge in [-0.25, -0.2) is 0 Å². The summed E-state index contributed by atoms with van der Waals surface area (Å²) < 4.78 is 35.0. The maximum Gasteiger partial charge on any atom is 0.295 e. The molecule has 0 saturated carbocycles. The predicted octanol–water partition coefficient (Wildman–Crippen LogP) is 11.8. The largest absolute Gasteiger partial charge is 0.295 e. The zero-order valence-electron chi connectivity index (χ0n) is 26.0. The Balaban J connectivity index is 1.80. The van der Waals surface area contributed by atoms with Crippen LogP contribution in [0.25, 0.3) is 10.8 Å². The summed E-state index contributed by atoms with van der Waals surface area (Å²) >= 11 is 0. The summed E-state index contributed by atoms with van der Waals surface area (Å²) in [6.45, 7) is 4.53. The van der Waals surface area contributed by atoms with Gasteiger partial charge in [0, 0.05) is 5.39 Å². The van der Waals surface area contributed by atoms with Crippen molar-refractivity contribution in [2.24, 2.45) is 0 Å². The van der Waals surface area contributed by atoms with E-state index in [2.05, 4.69) is 19.9 Å². The van der Waals surface area contributed by atoms with Gasteiger partial charge < -0.3 is 0 Å². The van der Waals surface area contributed by atoms with E-state index in [9.17, 15) is 13.0 Å². The second-order valence-electron chi connectivity index (χ2n) is 12.2. The van der Waals surface area contributed by atoms with Crippen LogP contribution in [0.3, 0.4) is 0 Å². The highest BCUT2D eigenvalue weighted by molar-refractivity contribution is 7.86. The molecular formula is C36H60O3S. The molecule has 0 heterocycles. The SMILES string of the molecule is CCCCCCCCCCCCCc1cc(S(=O)(=O)O)c2c(CCCCCCCCCCCCC)cccc2c1. The minimum atomic E-state index is -4.28. The van der Waals surface area contributed by atoms with Crippen molar-refractivity contribution in [3.8, 4) is 0 Å². The van der Waals surface area contributed by atoms with Crippen molar-refractivity contribution in [1.29, 1.82) is 0 Å². The summed E-state index contributed by atoms with van der Waals surface area (Å²) in [4.78, 5) is 0.0988. The van der Waals surface area contributed by atoms with Gasteiger partial charge in [0.15, 0.2) is 0 Å². The molecule has 2 aromatic carbocycles. The number of hydrogen-bond acceptors (Lipinski definition) is 2. The lowest BCUT2D eigenvalue weighted by Crippen LogP contribution is -2.03. The van der Waals surface area contributed by atoms with Crippen molar-refractivity contribution in [2.45, 2.75) is 173 Å². The van der Waals surface area contributed by atoms with E-state index in [1.165, 1.54) is 128 Å². The quantitative estimate of drug-likeness (QED) is 0.0950. The third-order valence-corrected chi connectivity index (χ3v) is 9.36. The highest BCUT2D eigenvalue weighted by atomic mass is 32.2. The second kappa shape index (κ2) is 21.3. The molecule has 228 valence electrons. The lowest BCUT2D eigenvalue weighted by atomic mass is 9.96. The van der Waals surface area contributed by atoms with Gasteiger partial charge in [-0.2, -0.15) is 8.42 Å². The fraction of sp³-hybridized carbons (Fsp3) is 0.722. The summed E-state index contributed by atoms with van der Waals surface area (Å²) in [6, 6.07) is 9.95. The zero-order chi connectivity index (χ0) is 28.9. The van der Waals surface area contributed by atoms with Gasteiger partial charge in [-0.1, -0.05) is 167 Å². The van der Waals surface area contributed by atoms with Gasteiger partial charge in [0.05, 0.1) is 0 Å². The number of aryl methyl sites for hydroxylation is 2. The van der Waals surface area contributed by atoms with Crippen molar-refractivity contribution in [3.63, 3.8) is 0 Å². The first-order valence-electron chi connectivity index (χ1n) is 17.0. The lowest BCUT2D eigenvalue weighted by Gasteiger charge is -2.13. The summed E-state index contributed by atoms with van der Waals surface area (Å²) in [7, 11) is -4.28. The summed E-state index contributed by atoms with van der Waals surface area (Å²) in [5.41, 5.74) is 2.06. The molecule has 3 nitrogen and oxygen atoms in total. The Morgan fingerprint density at radius 1 is 0.550 bits per heavy atom. The van der Waals surface area contributed by atoms with E-state index in [0.29, 0.717) is 0 Å². The predicted molar refractivity (Wildman–Crippen MR) is 174 cm³/mol. The van der Waals surface area contributed by atoms with Crippen molar-refractivity contribution < 1.29 is 13.0 Å². The van der Waals surface area contributed by atoms with Crippen LogP contribution in [-0.4, -0.2) is 13.0 Å². The summed E-state index contributed by atoms with van der Waals surface area (Å²) in [5, 5.41) is 1.66. The minimum absolute atomic E-state index is 0.0988. The molecule has 0 aliphatic carbocycles. The Morgan fingerprint density at radius 3 is 1.43 bits per heavy atom. The molecule has 0 saturated heterocycles. The Morgan fingerprint density at radius 2 is 0.975 bits per heavy atom. The number of rotatable bonds is 25. The maximum absolute atomic E-state index is 12.4. The van der Waals surface area contributed by atoms with Gasteiger partial charge in [-0.3, -0.25) is 4.55 Å². The Labute approximate surface area is 247 Å². The molecule has 0 unspecified atom stereocenters. The first-order chi connectivity index (χ1) is 19.5. The van der Waals surface area contributed by atoms with E-state index in [-0.39, 0.29) is 4.90 Å². The highest BCUT2D eigenvalue weighted by Gasteiger charge is 2.18. The fourth-order valence-corrected chi connectivity index (χ4v) is 6.86. The molecule has 0 amide bonds. The lowest BCUT2D eigenvalue weighted by molar-refractivity contribution is 0.484. The van der Waals surface area contributed by atoms with E-state index < -0.39 is 10.1 Å². The van der Waals surface area contributed by atoms with E-state index in [4.69, 9.17) is 0 Å². The number of fused-ring (bicyclic) bond motifs is 1. The molecule has 2 aromatic rings. The minimum Gasteiger partial charge on any atom is -0.282 e. The molecule has 0 aromatic heterocycles. The average Bonchev–Trinajstić information content (AvgIpc) is 2.93. The van der Waals surface area contributed by atoms with Gasteiger partial charge >= 0.3 is 0 Å². The van der Waals surface area contributed by atoms with Crippen LogP contribution < -0.4 is 0 Å². The van der Waals surface area contributed by atoms with E-state index >= 15 is 0 Å². The maximum atomic E-state index is 12.4. The molecule has 1 N–H and O–H groups in total. The second-order valence-corrected chi connectivity index (χ2v) is 13.5. The molecule has 0 atom stereocenters. The molecule has 2 rings (SSSR count). The number of hydrogen-bond donors (Lipinski definition) is 1. The van der Waals surface area contributed by atoms with Crippen LogP contribution in [0, 0.1) is 0 Å². The standard InChI is InChI=1S/C36H60O3S/c1-3-5-7-9-11-13-15-17-19-21-23-26-32-30-34-29-25-28-33(36(34)35(31-32)40(37,38)39)27-24-22-20-18-16-14-12-10-8-6-4-2/h25,28-31H,3-24,26-27H2,1-2H3,(H,37,38,39). The fourth-order valence-electron chi connectivity index (χ4n) is 6.05. The van der Waals surface area contributed by atoms with Gasteiger partial charge in [-0.05, 0) is 48.3 Å². The Kier molecular flexibility index (Phi) is 18.6. The molecule has 0 radical (unpaired) electrons. The van der Waals surface area contributed by atoms with Crippen LogP contribution in [0.4, 0.5) is 0 Å². The van der Waals surface area contributed by atoms with Gasteiger partial charge in [0.1, 0.15) is 4.90 Å². The van der Waals surface area contributed by atoms with Crippen LogP contribution in [0.2, 0.25) is 0 Å². The highest BCUT2D eigenvalue weighted by Crippen LogP contribution is 2.30. The van der Waals surface area contributed by atoms with Crippen LogP contribution in [0.1, 0.15) is 166 Å². The molecule has 0 bridgehead atoms. The topological polar surface area (TPSA) is 54.4 Å². The van der Waals surface area contributed by atoms with Crippen molar-refractivity contribution in [3.05, 3.63) is 41.5 Å². The average molecular weight is 573 g/mol. The molecule has 40 heavy (non-hydrogen) atoms. The van der Waals surface area contributed by atoms with Crippen molar-refractivity contribution >= 4 is 20.9 Å². The molecule has 0 aliphatic rings. The Hall–Kier alpha value is -1.39. The molecule has 0 spiro atoms. The monoisotopic (exact) mass is 572 g/mol. The van der Waals surface area contributed by atoms with E-state index in [1.807, 2.05) is 18.2 Å². The molecule has 0 fully saturated rings. The summed E-state index contributed by atoms with van der Waals surface area (Å²) in [5.74, 6) is 0. The Bertz CT molecular complexity index is 1030. The van der Waals surface area contributed by atoms with Gasteiger partial charge in [0.25, 0.3) is 10.1 Å². The molecular weight excluding hydrogens is 512 g/mol. The van der Waals surface area contributed by atoms with Gasteiger partial charge in [-0.15, -0.1) is 0 Å². The molecule has 0 aliphatic heterocycles. The van der Waals surface area contributed by atoms with Crippen LogP contribution in [0.15, 0.2) is 35.2 Å². The third-order valence-electron chi connectivity index (χ3n) is 8.48. The van der Waals surface area contributed by atoms with E-state index in [1.54, 1.807) is 6.07 Å². The van der Waals surface area contributed by atoms with Gasteiger partial charge in [0.2, 0.25) is 0 Å². The number of unbranched alkanes of at least 4 members (excludes halogenated alkanes) is 20. The van der Waals surface area contributed by atoms with Crippen molar-refractivity contribution in [2.75, 3.05) is 0 Å². The molecule has 4 heteroatoms. The zero-order valence-corrected chi connectivity index (χ0v) is 26.8. The normalized spacial score (nSPS) is 12.0. The first-order valence-corrected chi connectivity index (χ1v) is 18.4. The van der Waals surface area contributed by atoms with Crippen LogP contribution in [0.5, 0.6) is 0 Å². The number of benzene rings is 2. The van der Waals surface area contributed by atoms with Crippen LogP contribution >= 0.6 is 0 Å². The third kappa shape index (κ3) is 14.5. The van der Waals surface area contributed by atoms with E-state index in [0.717, 1.165) is 47.6 Å². The smallest absolute Gasteiger partial charge is 0.282 e. The first kappa shape index (κ1) is 34.8. The summed E-state index contributed by atoms with van der Waals surface area (Å²) in [6.07, 6.45) is 30.3. The van der Waals surface area contributed by atoms with Crippen LogP contribution in [-0.2, 0) is 23.0 Å². The van der Waals surface area contributed by atoms with Crippen molar-refractivity contribution in [1.82, 2.24) is 0 Å².